The minimum absolute atomic E-state index is 0.0852. The van der Waals surface area contributed by atoms with Crippen molar-refractivity contribution in [2.45, 2.75) is 31.4 Å². The van der Waals surface area contributed by atoms with Crippen LogP contribution in [0.15, 0.2) is 42.7 Å². The molecule has 1 aromatic carbocycles. The molecule has 1 fully saturated rings. The van der Waals surface area contributed by atoms with Gasteiger partial charge in [-0.2, -0.15) is 18.2 Å². The number of pyridine rings is 1. The van der Waals surface area contributed by atoms with Gasteiger partial charge in [0.2, 0.25) is 11.7 Å². The molecule has 1 aliphatic carbocycles. The number of aromatic nitrogens is 3. The first-order chi connectivity index (χ1) is 13.8. The molecule has 2 aromatic heterocycles. The predicted octanol–water partition coefficient (Wildman–Crippen LogP) is 5.34. The number of nitrogens with two attached hydrogens (primary N) is 1. The lowest BCUT2D eigenvalue weighted by Gasteiger charge is -2.28. The minimum atomic E-state index is -4.73. The normalized spacial score (nSPS) is 14.5. The van der Waals surface area contributed by atoms with Crippen LogP contribution in [0.25, 0.3) is 11.1 Å². The standard InChI is InChI=1S/C20H16F4N4O/c21-17-13(12-4-7-15(25)27-10-12)5-6-14(11-2-1-3-11)18(17)29-16-8-9-26-19(28-16)20(22,23)24/h4-11H,1-3H2,(H2,25,27). The summed E-state index contributed by atoms with van der Waals surface area (Å²) in [4.78, 5) is 10.5. The van der Waals surface area contributed by atoms with Crippen LogP contribution in [-0.2, 0) is 6.18 Å². The van der Waals surface area contributed by atoms with Crippen LogP contribution in [0, 0.1) is 5.82 Å². The van der Waals surface area contributed by atoms with E-state index >= 15 is 4.39 Å². The molecule has 1 aliphatic rings. The van der Waals surface area contributed by atoms with Crippen LogP contribution in [0.1, 0.15) is 36.6 Å². The number of ether oxygens (including phenoxy) is 1. The summed E-state index contributed by atoms with van der Waals surface area (Å²) in [6, 6.07) is 7.66. The lowest BCUT2D eigenvalue weighted by atomic mass is 9.79. The van der Waals surface area contributed by atoms with Crippen molar-refractivity contribution >= 4 is 5.82 Å². The number of benzene rings is 1. The maximum absolute atomic E-state index is 15.4. The first kappa shape index (κ1) is 19.1. The second-order valence-corrected chi connectivity index (χ2v) is 6.76. The maximum Gasteiger partial charge on any atom is 0.451 e. The Bertz CT molecular complexity index is 1030. The molecule has 0 spiro atoms. The summed E-state index contributed by atoms with van der Waals surface area (Å²) in [5, 5.41) is 0. The van der Waals surface area contributed by atoms with E-state index in [1.165, 1.54) is 12.3 Å². The first-order valence-corrected chi connectivity index (χ1v) is 8.95. The van der Waals surface area contributed by atoms with E-state index in [9.17, 15) is 13.2 Å². The molecule has 2 heterocycles. The van der Waals surface area contributed by atoms with Crippen LogP contribution in [-0.4, -0.2) is 15.0 Å². The van der Waals surface area contributed by atoms with Crippen molar-refractivity contribution in [3.8, 4) is 22.8 Å². The average molecular weight is 404 g/mol. The molecule has 29 heavy (non-hydrogen) atoms. The third-order valence-corrected chi connectivity index (χ3v) is 4.86. The molecule has 1 saturated carbocycles. The summed E-state index contributed by atoms with van der Waals surface area (Å²) in [6.07, 6.45) is 0.340. The Labute approximate surface area is 163 Å². The van der Waals surface area contributed by atoms with Gasteiger partial charge in [-0.1, -0.05) is 18.6 Å². The van der Waals surface area contributed by atoms with Crippen LogP contribution in [0.5, 0.6) is 11.6 Å². The van der Waals surface area contributed by atoms with E-state index in [1.807, 2.05) is 0 Å². The highest BCUT2D eigenvalue weighted by molar-refractivity contribution is 5.68. The summed E-state index contributed by atoms with van der Waals surface area (Å²) >= 11 is 0. The third kappa shape index (κ3) is 3.85. The number of alkyl halides is 3. The van der Waals surface area contributed by atoms with Gasteiger partial charge in [0, 0.05) is 35.2 Å². The largest absolute Gasteiger partial charge is 0.451 e. The zero-order chi connectivity index (χ0) is 20.6. The Kier molecular flexibility index (Phi) is 4.81. The number of hydrogen-bond acceptors (Lipinski definition) is 5. The maximum atomic E-state index is 15.4. The van der Waals surface area contributed by atoms with E-state index < -0.39 is 17.8 Å². The molecule has 150 valence electrons. The molecule has 9 heteroatoms. The fraction of sp³-hybridized carbons (Fsp3) is 0.250. The van der Waals surface area contributed by atoms with Crippen LogP contribution >= 0.6 is 0 Å². The zero-order valence-corrected chi connectivity index (χ0v) is 15.1. The number of anilines is 1. The van der Waals surface area contributed by atoms with Crippen LogP contribution in [0.2, 0.25) is 0 Å². The molecule has 0 atom stereocenters. The predicted molar refractivity (Wildman–Crippen MR) is 97.7 cm³/mol. The third-order valence-electron chi connectivity index (χ3n) is 4.86. The van der Waals surface area contributed by atoms with Gasteiger partial charge in [0.05, 0.1) is 0 Å². The van der Waals surface area contributed by atoms with E-state index in [2.05, 4.69) is 15.0 Å². The topological polar surface area (TPSA) is 73.9 Å². The van der Waals surface area contributed by atoms with E-state index in [1.54, 1.807) is 18.2 Å². The first-order valence-electron chi connectivity index (χ1n) is 8.95. The van der Waals surface area contributed by atoms with Crippen molar-refractivity contribution in [2.75, 3.05) is 5.73 Å². The monoisotopic (exact) mass is 404 g/mol. The van der Waals surface area contributed by atoms with E-state index in [0.717, 1.165) is 31.5 Å². The molecular formula is C20H16F4N4O. The van der Waals surface area contributed by atoms with Gasteiger partial charge < -0.3 is 10.5 Å². The number of hydrogen-bond donors (Lipinski definition) is 1. The Hall–Kier alpha value is -3.23. The SMILES string of the molecule is Nc1ccc(-c2ccc(C3CCC3)c(Oc3ccnc(C(F)(F)F)n3)c2F)cn1. The lowest BCUT2D eigenvalue weighted by Crippen LogP contribution is -2.13. The molecule has 0 aliphatic heterocycles. The zero-order valence-electron chi connectivity index (χ0n) is 15.1. The molecule has 0 amide bonds. The average Bonchev–Trinajstić information content (AvgIpc) is 2.64. The van der Waals surface area contributed by atoms with Crippen molar-refractivity contribution in [2.24, 2.45) is 0 Å². The second kappa shape index (κ2) is 7.31. The molecule has 4 rings (SSSR count). The van der Waals surface area contributed by atoms with Crippen molar-refractivity contribution in [3.05, 3.63) is 59.9 Å². The van der Waals surface area contributed by atoms with Gasteiger partial charge in [0.25, 0.3) is 0 Å². The highest BCUT2D eigenvalue weighted by atomic mass is 19.4. The molecule has 0 saturated heterocycles. The number of nitrogen functional groups attached to an aromatic ring is 1. The molecule has 3 aromatic rings. The summed E-state index contributed by atoms with van der Waals surface area (Å²) in [5.41, 5.74) is 6.86. The summed E-state index contributed by atoms with van der Waals surface area (Å²) in [7, 11) is 0. The van der Waals surface area contributed by atoms with Crippen molar-refractivity contribution < 1.29 is 22.3 Å². The van der Waals surface area contributed by atoms with Gasteiger partial charge in [-0.3, -0.25) is 0 Å². The van der Waals surface area contributed by atoms with Crippen LogP contribution in [0.4, 0.5) is 23.4 Å². The van der Waals surface area contributed by atoms with Gasteiger partial charge in [0.1, 0.15) is 5.82 Å². The number of rotatable bonds is 4. The molecule has 0 radical (unpaired) electrons. The molecular weight excluding hydrogens is 388 g/mol. The van der Waals surface area contributed by atoms with Crippen LogP contribution in [0.3, 0.4) is 0 Å². The summed E-state index contributed by atoms with van der Waals surface area (Å²) in [5.74, 6) is -2.16. The van der Waals surface area contributed by atoms with Gasteiger partial charge in [-0.05, 0) is 30.9 Å². The van der Waals surface area contributed by atoms with E-state index in [-0.39, 0.29) is 28.9 Å². The van der Waals surface area contributed by atoms with Gasteiger partial charge >= 0.3 is 6.18 Å². The van der Waals surface area contributed by atoms with Gasteiger partial charge in [-0.25, -0.2) is 14.4 Å². The molecule has 0 unspecified atom stereocenters. The Balaban J connectivity index is 1.78. The lowest BCUT2D eigenvalue weighted by molar-refractivity contribution is -0.145. The molecule has 0 bridgehead atoms. The molecule has 2 N–H and O–H groups in total. The van der Waals surface area contributed by atoms with E-state index in [4.69, 9.17) is 10.5 Å². The van der Waals surface area contributed by atoms with Crippen molar-refractivity contribution in [1.82, 2.24) is 15.0 Å². The van der Waals surface area contributed by atoms with E-state index in [0.29, 0.717) is 11.1 Å². The Morgan fingerprint density at radius 1 is 1.03 bits per heavy atom. The minimum Gasteiger partial charge on any atom is -0.436 e. The smallest absolute Gasteiger partial charge is 0.436 e. The number of nitrogens with zero attached hydrogens (tertiary/aromatic N) is 3. The quantitative estimate of drug-likeness (QED) is 0.595. The summed E-state index contributed by atoms with van der Waals surface area (Å²) < 4.78 is 59.7. The Morgan fingerprint density at radius 3 is 2.45 bits per heavy atom. The van der Waals surface area contributed by atoms with Crippen molar-refractivity contribution in [1.29, 1.82) is 0 Å². The van der Waals surface area contributed by atoms with Crippen LogP contribution < -0.4 is 10.5 Å². The number of halogens is 4. The highest BCUT2D eigenvalue weighted by Crippen LogP contribution is 2.45. The highest BCUT2D eigenvalue weighted by Gasteiger charge is 2.35. The van der Waals surface area contributed by atoms with Crippen molar-refractivity contribution in [3.63, 3.8) is 0 Å². The second-order valence-electron chi connectivity index (χ2n) is 6.76. The molecule has 5 nitrogen and oxygen atoms in total. The van der Waals surface area contributed by atoms with Gasteiger partial charge in [-0.15, -0.1) is 0 Å². The summed E-state index contributed by atoms with van der Waals surface area (Å²) in [6.45, 7) is 0. The fourth-order valence-corrected chi connectivity index (χ4v) is 3.14. The Morgan fingerprint density at radius 2 is 1.83 bits per heavy atom. The van der Waals surface area contributed by atoms with Gasteiger partial charge in [0.15, 0.2) is 11.6 Å². The fourth-order valence-electron chi connectivity index (χ4n) is 3.14.